The van der Waals surface area contributed by atoms with Crippen molar-refractivity contribution in [2.24, 2.45) is 4.99 Å². The summed E-state index contributed by atoms with van der Waals surface area (Å²) in [6.07, 6.45) is 4.54. The first-order chi connectivity index (χ1) is 11.8. The van der Waals surface area contributed by atoms with E-state index in [-0.39, 0.29) is 24.0 Å². The van der Waals surface area contributed by atoms with Crippen molar-refractivity contribution in [2.45, 2.75) is 38.6 Å². The molecule has 6 heteroatoms. The molecular formula is C19H33IN4O. The lowest BCUT2D eigenvalue weighted by Gasteiger charge is -2.20. The van der Waals surface area contributed by atoms with Crippen molar-refractivity contribution in [3.05, 3.63) is 30.3 Å². The summed E-state index contributed by atoms with van der Waals surface area (Å²) in [5.74, 6) is 0.948. The maximum atomic E-state index is 5.08. The molecule has 1 heterocycles. The van der Waals surface area contributed by atoms with Crippen LogP contribution in [0.25, 0.3) is 0 Å². The van der Waals surface area contributed by atoms with Crippen LogP contribution in [0.2, 0.25) is 0 Å². The van der Waals surface area contributed by atoms with E-state index in [1.165, 1.54) is 12.1 Å². The van der Waals surface area contributed by atoms with Gasteiger partial charge in [0.1, 0.15) is 0 Å². The number of guanidine groups is 1. The molecule has 1 unspecified atom stereocenters. The van der Waals surface area contributed by atoms with Crippen LogP contribution in [0.5, 0.6) is 0 Å². The molecular weight excluding hydrogens is 427 g/mol. The van der Waals surface area contributed by atoms with Crippen LogP contribution in [0.3, 0.4) is 0 Å². The van der Waals surface area contributed by atoms with Crippen LogP contribution in [0.4, 0.5) is 5.69 Å². The normalized spacial score (nSPS) is 17.3. The Labute approximate surface area is 169 Å². The number of anilines is 1. The van der Waals surface area contributed by atoms with Gasteiger partial charge >= 0.3 is 0 Å². The Hall–Kier alpha value is -1.02. The summed E-state index contributed by atoms with van der Waals surface area (Å²) in [6, 6.07) is 11.1. The van der Waals surface area contributed by atoms with E-state index in [1.54, 1.807) is 7.11 Å². The van der Waals surface area contributed by atoms with Crippen molar-refractivity contribution in [1.29, 1.82) is 0 Å². The standard InChI is InChI=1S/C19H32N4O.HI/c1-3-20-19(21-13-8-5-9-15-24-2)22-17-12-14-23(16-17)18-10-6-4-7-11-18;/h4,6-7,10-11,17H,3,5,8-9,12-16H2,1-2H3,(H2,20,21,22);1H. The zero-order valence-corrected chi connectivity index (χ0v) is 17.9. The van der Waals surface area contributed by atoms with Gasteiger partial charge in [-0.05, 0) is 44.7 Å². The fraction of sp³-hybridized carbons (Fsp3) is 0.632. The number of nitrogens with one attached hydrogen (secondary N) is 2. The number of hydrogen-bond donors (Lipinski definition) is 2. The number of nitrogens with zero attached hydrogens (tertiary/aromatic N) is 2. The molecule has 1 saturated heterocycles. The zero-order chi connectivity index (χ0) is 17.0. The average Bonchev–Trinajstić information content (AvgIpc) is 3.07. The molecule has 25 heavy (non-hydrogen) atoms. The predicted octanol–water partition coefficient (Wildman–Crippen LogP) is 3.26. The van der Waals surface area contributed by atoms with Crippen LogP contribution in [0, 0.1) is 0 Å². The van der Waals surface area contributed by atoms with Gasteiger partial charge in [-0.25, -0.2) is 0 Å². The molecule has 1 fully saturated rings. The Morgan fingerprint density at radius 3 is 2.76 bits per heavy atom. The number of para-hydroxylation sites is 1. The van der Waals surface area contributed by atoms with Gasteiger partial charge in [0, 0.05) is 51.6 Å². The van der Waals surface area contributed by atoms with Crippen LogP contribution >= 0.6 is 24.0 Å². The summed E-state index contributed by atoms with van der Waals surface area (Å²) in [4.78, 5) is 7.14. The lowest BCUT2D eigenvalue weighted by Crippen LogP contribution is -2.44. The van der Waals surface area contributed by atoms with E-state index < -0.39 is 0 Å². The highest BCUT2D eigenvalue weighted by Crippen LogP contribution is 2.19. The summed E-state index contributed by atoms with van der Waals surface area (Å²) < 4.78 is 5.08. The van der Waals surface area contributed by atoms with E-state index in [2.05, 4.69) is 52.8 Å². The predicted molar refractivity (Wildman–Crippen MR) is 117 cm³/mol. The van der Waals surface area contributed by atoms with E-state index in [1.807, 2.05) is 0 Å². The van der Waals surface area contributed by atoms with Crippen molar-refractivity contribution < 1.29 is 4.74 Å². The molecule has 5 nitrogen and oxygen atoms in total. The van der Waals surface area contributed by atoms with Crippen molar-refractivity contribution >= 4 is 35.6 Å². The number of unbranched alkanes of at least 4 members (excludes halogenated alkanes) is 2. The molecule has 0 aliphatic carbocycles. The van der Waals surface area contributed by atoms with E-state index in [4.69, 9.17) is 9.73 Å². The number of hydrogen-bond acceptors (Lipinski definition) is 3. The maximum absolute atomic E-state index is 5.08. The molecule has 0 radical (unpaired) electrons. The Bertz CT molecular complexity index is 484. The minimum Gasteiger partial charge on any atom is -0.385 e. The lowest BCUT2D eigenvalue weighted by atomic mass is 10.2. The monoisotopic (exact) mass is 460 g/mol. The van der Waals surface area contributed by atoms with Crippen molar-refractivity contribution in [3.8, 4) is 0 Å². The Morgan fingerprint density at radius 1 is 1.24 bits per heavy atom. The van der Waals surface area contributed by atoms with E-state index in [0.717, 1.165) is 58.0 Å². The highest BCUT2D eigenvalue weighted by Gasteiger charge is 2.23. The van der Waals surface area contributed by atoms with E-state index in [0.29, 0.717) is 6.04 Å². The van der Waals surface area contributed by atoms with Crippen molar-refractivity contribution in [1.82, 2.24) is 10.6 Å². The molecule has 1 aromatic carbocycles. The van der Waals surface area contributed by atoms with Crippen molar-refractivity contribution in [2.75, 3.05) is 44.8 Å². The largest absolute Gasteiger partial charge is 0.385 e. The summed E-state index contributed by atoms with van der Waals surface area (Å²) in [6.45, 7) is 6.85. The number of methoxy groups -OCH3 is 1. The SMILES string of the molecule is CCNC(=NCCCCCOC)NC1CCN(c2ccccc2)C1.I. The first-order valence-electron chi connectivity index (χ1n) is 9.17. The molecule has 0 aromatic heterocycles. The number of aliphatic imine (C=N–C) groups is 1. The minimum atomic E-state index is 0. The van der Waals surface area contributed by atoms with Gasteiger partial charge in [-0.1, -0.05) is 18.2 Å². The lowest BCUT2D eigenvalue weighted by molar-refractivity contribution is 0.192. The van der Waals surface area contributed by atoms with Gasteiger partial charge in [0.25, 0.3) is 0 Å². The van der Waals surface area contributed by atoms with Gasteiger partial charge in [-0.2, -0.15) is 0 Å². The maximum Gasteiger partial charge on any atom is 0.191 e. The summed E-state index contributed by atoms with van der Waals surface area (Å²) in [7, 11) is 1.76. The van der Waals surface area contributed by atoms with Crippen LogP contribution < -0.4 is 15.5 Å². The highest BCUT2D eigenvalue weighted by atomic mass is 127. The Morgan fingerprint density at radius 2 is 2.04 bits per heavy atom. The summed E-state index contributed by atoms with van der Waals surface area (Å²) >= 11 is 0. The molecule has 1 aliphatic heterocycles. The molecule has 1 atom stereocenters. The smallest absolute Gasteiger partial charge is 0.191 e. The second kappa shape index (κ2) is 13.2. The number of benzene rings is 1. The molecule has 2 N–H and O–H groups in total. The molecule has 1 aliphatic rings. The van der Waals surface area contributed by atoms with Crippen LogP contribution in [-0.4, -0.2) is 51.9 Å². The fourth-order valence-corrected chi connectivity index (χ4v) is 2.99. The molecule has 0 saturated carbocycles. The first-order valence-corrected chi connectivity index (χ1v) is 9.17. The number of rotatable bonds is 9. The molecule has 0 amide bonds. The highest BCUT2D eigenvalue weighted by molar-refractivity contribution is 14.0. The number of halogens is 1. The van der Waals surface area contributed by atoms with Gasteiger partial charge < -0.3 is 20.3 Å². The third-order valence-corrected chi connectivity index (χ3v) is 4.27. The van der Waals surface area contributed by atoms with Crippen LogP contribution in [0.15, 0.2) is 35.3 Å². The summed E-state index contributed by atoms with van der Waals surface area (Å²) in [5, 5.41) is 6.95. The van der Waals surface area contributed by atoms with E-state index in [9.17, 15) is 0 Å². The molecule has 2 rings (SSSR count). The second-order valence-corrected chi connectivity index (χ2v) is 6.23. The second-order valence-electron chi connectivity index (χ2n) is 6.23. The molecule has 1 aromatic rings. The van der Waals surface area contributed by atoms with Gasteiger partial charge in [-0.3, -0.25) is 4.99 Å². The third kappa shape index (κ3) is 8.27. The topological polar surface area (TPSA) is 48.9 Å². The average molecular weight is 460 g/mol. The van der Waals surface area contributed by atoms with Gasteiger partial charge in [-0.15, -0.1) is 24.0 Å². The number of ether oxygens (including phenoxy) is 1. The van der Waals surface area contributed by atoms with Gasteiger partial charge in [0.15, 0.2) is 5.96 Å². The molecule has 0 spiro atoms. The summed E-state index contributed by atoms with van der Waals surface area (Å²) in [5.41, 5.74) is 1.31. The molecule has 142 valence electrons. The Kier molecular flexibility index (Phi) is 11.6. The van der Waals surface area contributed by atoms with Crippen LogP contribution in [0.1, 0.15) is 32.6 Å². The quantitative estimate of drug-likeness (QED) is 0.257. The van der Waals surface area contributed by atoms with Crippen molar-refractivity contribution in [3.63, 3.8) is 0 Å². The Balaban J connectivity index is 0.00000312. The fourth-order valence-electron chi connectivity index (χ4n) is 2.99. The van der Waals surface area contributed by atoms with Gasteiger partial charge in [0.05, 0.1) is 0 Å². The van der Waals surface area contributed by atoms with Gasteiger partial charge in [0.2, 0.25) is 0 Å². The third-order valence-electron chi connectivity index (χ3n) is 4.27. The first kappa shape index (κ1) is 22.0. The zero-order valence-electron chi connectivity index (χ0n) is 15.5. The van der Waals surface area contributed by atoms with Crippen LogP contribution in [-0.2, 0) is 4.74 Å². The minimum absolute atomic E-state index is 0. The van der Waals surface area contributed by atoms with E-state index >= 15 is 0 Å². The molecule has 0 bridgehead atoms.